The van der Waals surface area contributed by atoms with E-state index in [0.717, 1.165) is 36.9 Å². The van der Waals surface area contributed by atoms with Crippen LogP contribution in [-0.2, 0) is 19.9 Å². The zero-order valence-corrected chi connectivity index (χ0v) is 11.3. The zero-order valence-electron chi connectivity index (χ0n) is 11.3. The highest BCUT2D eigenvalue weighted by Gasteiger charge is 2.18. The Morgan fingerprint density at radius 2 is 2.20 bits per heavy atom. The van der Waals surface area contributed by atoms with E-state index in [9.17, 15) is 0 Å². The summed E-state index contributed by atoms with van der Waals surface area (Å²) in [6, 6.07) is 2.11. The van der Waals surface area contributed by atoms with Crippen LogP contribution in [0, 0.1) is 5.41 Å². The van der Waals surface area contributed by atoms with Gasteiger partial charge in [-0.3, -0.25) is 10.1 Å². The molecule has 7 heteroatoms. The van der Waals surface area contributed by atoms with Crippen LogP contribution < -0.4 is 10.5 Å². The lowest BCUT2D eigenvalue weighted by Crippen LogP contribution is -2.16. The molecule has 7 nitrogen and oxygen atoms in total. The molecule has 2 aromatic heterocycles. The third-order valence-electron chi connectivity index (χ3n) is 3.32. The fraction of sp³-hybridized carbons (Fsp3) is 0.385. The minimum atomic E-state index is -0.0585. The molecular weight excluding hydrogens is 256 g/mol. The summed E-state index contributed by atoms with van der Waals surface area (Å²) in [5, 5.41) is 11.7. The third-order valence-corrected chi connectivity index (χ3v) is 3.32. The van der Waals surface area contributed by atoms with Crippen LogP contribution in [-0.4, -0.2) is 25.6 Å². The summed E-state index contributed by atoms with van der Waals surface area (Å²) in [6.45, 7) is 0. The maximum Gasteiger partial charge on any atom is 0.342 e. The molecule has 0 radical (unpaired) electrons. The monoisotopic (exact) mass is 272 g/mol. The smallest absolute Gasteiger partial charge is 0.342 e. The van der Waals surface area contributed by atoms with Crippen molar-refractivity contribution in [2.24, 2.45) is 12.8 Å². The number of nitrogens with two attached hydrogens (primary N) is 1. The van der Waals surface area contributed by atoms with E-state index < -0.39 is 0 Å². The van der Waals surface area contributed by atoms with Crippen LogP contribution in [0.5, 0.6) is 11.9 Å². The van der Waals surface area contributed by atoms with E-state index in [4.69, 9.17) is 15.9 Å². The number of ether oxygens (including phenoxy) is 1. The molecule has 0 saturated carbocycles. The quantitative estimate of drug-likeness (QED) is 0.644. The van der Waals surface area contributed by atoms with Crippen LogP contribution in [0.3, 0.4) is 0 Å². The number of hydrogen-bond donors (Lipinski definition) is 2. The molecule has 20 heavy (non-hydrogen) atoms. The van der Waals surface area contributed by atoms with Crippen LogP contribution >= 0.6 is 0 Å². The standard InChI is InChI=1S/C13H16N6O/c1-19-7-16-13(18-19)20-12-9(11(14)15)6-8-4-2-3-5-10(8)17-12/h6-7H,2-5H2,1H3,(H3,14,15). The number of amidine groups is 1. The van der Waals surface area contributed by atoms with Gasteiger partial charge in [0, 0.05) is 12.7 Å². The van der Waals surface area contributed by atoms with E-state index in [2.05, 4.69) is 15.1 Å². The highest BCUT2D eigenvalue weighted by atomic mass is 16.5. The van der Waals surface area contributed by atoms with Crippen molar-refractivity contribution in [1.82, 2.24) is 19.7 Å². The van der Waals surface area contributed by atoms with Crippen molar-refractivity contribution in [3.05, 3.63) is 29.2 Å². The van der Waals surface area contributed by atoms with Gasteiger partial charge in [0.2, 0.25) is 5.88 Å². The van der Waals surface area contributed by atoms with Crippen molar-refractivity contribution in [2.45, 2.75) is 25.7 Å². The molecule has 1 aliphatic carbocycles. The van der Waals surface area contributed by atoms with Gasteiger partial charge < -0.3 is 10.5 Å². The predicted octanol–water partition coefficient (Wildman–Crippen LogP) is 1.17. The molecule has 1 aliphatic rings. The third kappa shape index (κ3) is 2.34. The zero-order chi connectivity index (χ0) is 14.1. The number of rotatable bonds is 3. The number of nitrogens with one attached hydrogen (secondary N) is 1. The van der Waals surface area contributed by atoms with E-state index in [1.165, 1.54) is 0 Å². The Morgan fingerprint density at radius 1 is 1.40 bits per heavy atom. The van der Waals surface area contributed by atoms with Crippen molar-refractivity contribution in [3.63, 3.8) is 0 Å². The largest absolute Gasteiger partial charge is 0.403 e. The maximum atomic E-state index is 7.68. The topological polar surface area (TPSA) is 103 Å². The van der Waals surface area contributed by atoms with Crippen LogP contribution in [0.25, 0.3) is 0 Å². The van der Waals surface area contributed by atoms with Crippen molar-refractivity contribution in [2.75, 3.05) is 0 Å². The molecule has 3 N–H and O–H groups in total. The minimum absolute atomic E-state index is 0.0585. The Labute approximate surface area is 116 Å². The molecule has 104 valence electrons. The lowest BCUT2D eigenvalue weighted by Gasteiger charge is -2.17. The van der Waals surface area contributed by atoms with Crippen molar-refractivity contribution in [3.8, 4) is 11.9 Å². The number of aromatic nitrogens is 4. The number of pyridine rings is 1. The fourth-order valence-corrected chi connectivity index (χ4v) is 2.34. The van der Waals surface area contributed by atoms with E-state index in [1.807, 2.05) is 6.07 Å². The van der Waals surface area contributed by atoms with Gasteiger partial charge in [-0.1, -0.05) is 0 Å². The highest BCUT2D eigenvalue weighted by Crippen LogP contribution is 2.27. The lowest BCUT2D eigenvalue weighted by molar-refractivity contribution is 0.418. The summed E-state index contributed by atoms with van der Waals surface area (Å²) in [5.74, 6) is 0.251. The first kappa shape index (κ1) is 12.6. The summed E-state index contributed by atoms with van der Waals surface area (Å²) >= 11 is 0. The number of hydrogen-bond acceptors (Lipinski definition) is 5. The first-order valence-corrected chi connectivity index (χ1v) is 6.54. The van der Waals surface area contributed by atoms with Gasteiger partial charge in [-0.2, -0.15) is 4.98 Å². The molecule has 0 fully saturated rings. The molecule has 0 aromatic carbocycles. The lowest BCUT2D eigenvalue weighted by atomic mass is 9.95. The molecular formula is C13H16N6O. The Kier molecular flexibility index (Phi) is 3.09. The predicted molar refractivity (Wildman–Crippen MR) is 73.0 cm³/mol. The van der Waals surface area contributed by atoms with Crippen molar-refractivity contribution in [1.29, 1.82) is 5.41 Å². The fourth-order valence-electron chi connectivity index (χ4n) is 2.34. The molecule has 0 amide bonds. The van der Waals surface area contributed by atoms with Crippen molar-refractivity contribution < 1.29 is 4.74 Å². The van der Waals surface area contributed by atoms with Crippen LogP contribution in [0.4, 0.5) is 0 Å². The maximum absolute atomic E-state index is 7.68. The Balaban J connectivity index is 2.01. The molecule has 0 bridgehead atoms. The molecule has 0 spiro atoms. The average Bonchev–Trinajstić information content (AvgIpc) is 2.83. The van der Waals surface area contributed by atoms with Crippen LogP contribution in [0.2, 0.25) is 0 Å². The van der Waals surface area contributed by atoms with Gasteiger partial charge in [0.1, 0.15) is 12.2 Å². The van der Waals surface area contributed by atoms with Crippen LogP contribution in [0.15, 0.2) is 12.4 Å². The summed E-state index contributed by atoms with van der Waals surface area (Å²) < 4.78 is 7.13. The van der Waals surface area contributed by atoms with Gasteiger partial charge >= 0.3 is 6.01 Å². The first-order chi connectivity index (χ1) is 9.63. The highest BCUT2D eigenvalue weighted by molar-refractivity contribution is 5.97. The number of nitrogens with zero attached hydrogens (tertiary/aromatic N) is 4. The number of nitrogen functional groups attached to an aromatic ring is 1. The molecule has 3 rings (SSSR count). The minimum Gasteiger partial charge on any atom is -0.403 e. The van der Waals surface area contributed by atoms with E-state index in [1.54, 1.807) is 18.1 Å². The SMILES string of the molecule is Cn1cnc(Oc2nc3c(cc2C(=N)N)CCCC3)n1. The summed E-state index contributed by atoms with van der Waals surface area (Å²) in [7, 11) is 1.76. The second-order valence-electron chi connectivity index (χ2n) is 4.87. The first-order valence-electron chi connectivity index (χ1n) is 6.54. The van der Waals surface area contributed by atoms with Gasteiger partial charge in [0.25, 0.3) is 0 Å². The van der Waals surface area contributed by atoms with Gasteiger partial charge in [-0.25, -0.2) is 4.98 Å². The Morgan fingerprint density at radius 3 is 2.90 bits per heavy atom. The normalized spacial score (nSPS) is 13.8. The van der Waals surface area contributed by atoms with Gasteiger partial charge in [0.05, 0.1) is 5.56 Å². The Hall–Kier alpha value is -2.44. The van der Waals surface area contributed by atoms with Gasteiger partial charge in [0.15, 0.2) is 0 Å². The average molecular weight is 272 g/mol. The summed E-state index contributed by atoms with van der Waals surface area (Å²) in [6.07, 6.45) is 5.72. The molecule has 2 aromatic rings. The molecule has 0 aliphatic heterocycles. The van der Waals surface area contributed by atoms with Crippen molar-refractivity contribution >= 4 is 5.84 Å². The second-order valence-corrected chi connectivity index (χ2v) is 4.87. The molecule has 0 unspecified atom stereocenters. The molecule has 0 saturated heterocycles. The molecule has 2 heterocycles. The number of fused-ring (bicyclic) bond motifs is 1. The van der Waals surface area contributed by atoms with Gasteiger partial charge in [-0.15, -0.1) is 5.10 Å². The van der Waals surface area contributed by atoms with E-state index in [-0.39, 0.29) is 11.8 Å². The van der Waals surface area contributed by atoms with E-state index >= 15 is 0 Å². The molecule has 0 atom stereocenters. The summed E-state index contributed by atoms with van der Waals surface area (Å²) in [4.78, 5) is 8.51. The van der Waals surface area contributed by atoms with E-state index in [0.29, 0.717) is 11.4 Å². The summed E-state index contributed by atoms with van der Waals surface area (Å²) in [5.41, 5.74) is 8.30. The van der Waals surface area contributed by atoms with Crippen LogP contribution in [0.1, 0.15) is 29.7 Å². The second kappa shape index (κ2) is 4.92. The Bertz CT molecular complexity index is 663. The number of aryl methyl sites for hydroxylation is 3. The van der Waals surface area contributed by atoms with Gasteiger partial charge in [-0.05, 0) is 37.3 Å².